The Morgan fingerprint density at radius 2 is 2.20 bits per heavy atom. The van der Waals surface area contributed by atoms with Crippen molar-refractivity contribution in [1.29, 1.82) is 0 Å². The lowest BCUT2D eigenvalue weighted by molar-refractivity contribution is 0.554. The second kappa shape index (κ2) is 3.56. The average molecular weight is 288 g/mol. The van der Waals surface area contributed by atoms with Crippen LogP contribution in [0, 0.1) is 6.92 Å². The fraction of sp³-hybridized carbons (Fsp3) is 0.500. The number of rotatable bonds is 1. The smallest absolute Gasteiger partial charge is 0.165 e. The molecule has 0 unspecified atom stereocenters. The summed E-state index contributed by atoms with van der Waals surface area (Å²) in [4.78, 5) is 5.64. The molecule has 2 heterocycles. The topological polar surface area (TPSA) is 21.1 Å². The third-order valence-corrected chi connectivity index (χ3v) is 4.16. The Morgan fingerprint density at radius 1 is 1.53 bits per heavy atom. The number of thioether (sulfide) groups is 1. The highest BCUT2D eigenvalue weighted by Crippen LogP contribution is 2.37. The number of imidazole rings is 1. The van der Waals surface area contributed by atoms with Crippen molar-refractivity contribution in [3.63, 3.8) is 0 Å². The molecule has 0 radical (unpaired) electrons. The molecular weight excluding hydrogens is 274 g/mol. The standard InChI is InChI=1S/C10H14BrN3S/c1-7-6-12-9-8(15-4)5-10(2,11)13(3)14(7)9/h5-6H,1-4H3/t10-/m1/s1. The number of fused-ring (bicyclic) bond motifs is 1. The summed E-state index contributed by atoms with van der Waals surface area (Å²) in [5.41, 5.74) is 1.15. The number of hydrogen-bond acceptors (Lipinski definition) is 3. The van der Waals surface area contributed by atoms with Gasteiger partial charge in [0.05, 0.1) is 16.8 Å². The summed E-state index contributed by atoms with van der Waals surface area (Å²) >= 11 is 5.44. The molecule has 1 aliphatic heterocycles. The largest absolute Gasteiger partial charge is 0.294 e. The van der Waals surface area contributed by atoms with Gasteiger partial charge in [-0.2, -0.15) is 0 Å². The van der Waals surface area contributed by atoms with Crippen LogP contribution in [-0.2, 0) is 0 Å². The molecule has 3 nitrogen and oxygen atoms in total. The highest BCUT2D eigenvalue weighted by Gasteiger charge is 2.32. The van der Waals surface area contributed by atoms with E-state index in [0.717, 1.165) is 11.5 Å². The zero-order valence-corrected chi connectivity index (χ0v) is 11.7. The van der Waals surface area contributed by atoms with Crippen LogP contribution in [-0.4, -0.2) is 27.4 Å². The fourth-order valence-electron chi connectivity index (χ4n) is 1.72. The summed E-state index contributed by atoms with van der Waals surface area (Å²) in [5.74, 6) is 1.03. The third kappa shape index (κ3) is 1.61. The molecule has 0 N–H and O–H groups in total. The molecule has 1 aliphatic rings. The van der Waals surface area contributed by atoms with Crippen molar-refractivity contribution in [2.75, 3.05) is 18.3 Å². The highest BCUT2D eigenvalue weighted by atomic mass is 79.9. The van der Waals surface area contributed by atoms with Gasteiger partial charge in [-0.1, -0.05) is 15.9 Å². The van der Waals surface area contributed by atoms with E-state index >= 15 is 0 Å². The normalized spacial score (nSPS) is 25.1. The van der Waals surface area contributed by atoms with Gasteiger partial charge in [-0.3, -0.25) is 5.01 Å². The minimum absolute atomic E-state index is 0.149. The minimum Gasteiger partial charge on any atom is -0.294 e. The van der Waals surface area contributed by atoms with Crippen LogP contribution in [0.4, 0.5) is 0 Å². The van der Waals surface area contributed by atoms with Gasteiger partial charge in [-0.15, -0.1) is 11.8 Å². The Labute approximate surface area is 103 Å². The molecule has 82 valence electrons. The average Bonchev–Trinajstić information content (AvgIpc) is 2.54. The van der Waals surface area contributed by atoms with Crippen molar-refractivity contribution in [3.05, 3.63) is 23.8 Å². The number of halogens is 1. The van der Waals surface area contributed by atoms with E-state index in [2.05, 4.69) is 63.8 Å². The van der Waals surface area contributed by atoms with Gasteiger partial charge < -0.3 is 0 Å². The molecule has 15 heavy (non-hydrogen) atoms. The van der Waals surface area contributed by atoms with Crippen LogP contribution in [0.3, 0.4) is 0 Å². The van der Waals surface area contributed by atoms with E-state index in [4.69, 9.17) is 0 Å². The highest BCUT2D eigenvalue weighted by molar-refractivity contribution is 9.10. The quantitative estimate of drug-likeness (QED) is 0.585. The molecule has 0 aliphatic carbocycles. The maximum Gasteiger partial charge on any atom is 0.165 e. The first-order valence-corrected chi connectivity index (χ1v) is 6.73. The second-order valence-corrected chi connectivity index (χ2v) is 6.25. The van der Waals surface area contributed by atoms with Gasteiger partial charge in [0.15, 0.2) is 5.82 Å². The van der Waals surface area contributed by atoms with Gasteiger partial charge in [0.1, 0.15) is 4.45 Å². The first-order valence-electron chi connectivity index (χ1n) is 4.72. The maximum absolute atomic E-state index is 4.44. The lowest BCUT2D eigenvalue weighted by Gasteiger charge is -2.39. The Hall–Kier alpha value is -0.420. The molecule has 2 rings (SSSR count). The van der Waals surface area contributed by atoms with Crippen molar-refractivity contribution >= 4 is 32.6 Å². The van der Waals surface area contributed by atoms with Crippen molar-refractivity contribution in [3.8, 4) is 0 Å². The van der Waals surface area contributed by atoms with Gasteiger partial charge in [0.25, 0.3) is 0 Å². The molecule has 1 atom stereocenters. The summed E-state index contributed by atoms with van der Waals surface area (Å²) in [6, 6.07) is 0. The fourth-order valence-corrected chi connectivity index (χ4v) is 2.93. The third-order valence-electron chi connectivity index (χ3n) is 2.68. The van der Waals surface area contributed by atoms with E-state index in [-0.39, 0.29) is 4.45 Å². The molecule has 0 amide bonds. The zero-order valence-electron chi connectivity index (χ0n) is 9.28. The van der Waals surface area contributed by atoms with Crippen LogP contribution in [0.25, 0.3) is 4.91 Å². The minimum atomic E-state index is -0.149. The predicted molar refractivity (Wildman–Crippen MR) is 69.9 cm³/mol. The summed E-state index contributed by atoms with van der Waals surface area (Å²) < 4.78 is 1.99. The molecule has 5 heteroatoms. The van der Waals surface area contributed by atoms with E-state index in [9.17, 15) is 0 Å². The van der Waals surface area contributed by atoms with Crippen LogP contribution in [0.15, 0.2) is 12.3 Å². The van der Waals surface area contributed by atoms with E-state index in [1.807, 2.05) is 6.20 Å². The number of aryl methyl sites for hydroxylation is 1. The molecule has 0 aromatic carbocycles. The Morgan fingerprint density at radius 3 is 2.80 bits per heavy atom. The van der Waals surface area contributed by atoms with Crippen molar-refractivity contribution in [2.24, 2.45) is 0 Å². The molecule has 0 bridgehead atoms. The van der Waals surface area contributed by atoms with Crippen LogP contribution >= 0.6 is 27.7 Å². The first-order chi connectivity index (χ1) is 6.97. The number of nitrogens with zero attached hydrogens (tertiary/aromatic N) is 3. The van der Waals surface area contributed by atoms with Crippen molar-refractivity contribution in [2.45, 2.75) is 18.3 Å². The zero-order chi connectivity index (χ0) is 11.2. The van der Waals surface area contributed by atoms with E-state index in [1.165, 1.54) is 4.91 Å². The molecule has 1 aromatic heterocycles. The number of hydrogen-bond donors (Lipinski definition) is 0. The molecule has 0 fully saturated rings. The SMILES string of the molecule is CSC1=C[C@](C)(Br)N(C)n2c(C)cnc21. The van der Waals surface area contributed by atoms with Crippen molar-refractivity contribution < 1.29 is 0 Å². The van der Waals surface area contributed by atoms with Crippen LogP contribution in [0.5, 0.6) is 0 Å². The Bertz CT molecular complexity index is 422. The van der Waals surface area contributed by atoms with Gasteiger partial charge in [0, 0.05) is 7.05 Å². The van der Waals surface area contributed by atoms with Gasteiger partial charge in [-0.25, -0.2) is 9.66 Å². The van der Waals surface area contributed by atoms with Crippen LogP contribution in [0.2, 0.25) is 0 Å². The van der Waals surface area contributed by atoms with Gasteiger partial charge in [-0.05, 0) is 26.2 Å². The lowest BCUT2D eigenvalue weighted by Crippen LogP contribution is -2.48. The van der Waals surface area contributed by atoms with Crippen LogP contribution < -0.4 is 5.01 Å². The molecule has 1 aromatic rings. The molecule has 0 spiro atoms. The molecular formula is C10H14BrN3S. The monoisotopic (exact) mass is 287 g/mol. The molecule has 0 saturated heterocycles. The Kier molecular flexibility index (Phi) is 2.63. The summed E-state index contributed by atoms with van der Waals surface area (Å²) in [6.45, 7) is 4.20. The van der Waals surface area contributed by atoms with E-state index in [0.29, 0.717) is 0 Å². The molecule has 0 saturated carbocycles. The first kappa shape index (κ1) is 11.1. The van der Waals surface area contributed by atoms with Crippen LogP contribution in [0.1, 0.15) is 18.4 Å². The van der Waals surface area contributed by atoms with E-state index < -0.39 is 0 Å². The number of aromatic nitrogens is 2. The summed E-state index contributed by atoms with van der Waals surface area (Å²) in [5, 5.41) is 2.14. The summed E-state index contributed by atoms with van der Waals surface area (Å²) in [6.07, 6.45) is 6.18. The summed E-state index contributed by atoms with van der Waals surface area (Å²) in [7, 11) is 2.06. The second-order valence-electron chi connectivity index (χ2n) is 3.80. The van der Waals surface area contributed by atoms with Gasteiger partial charge >= 0.3 is 0 Å². The predicted octanol–water partition coefficient (Wildman–Crippen LogP) is 2.59. The Balaban J connectivity index is 2.63. The van der Waals surface area contributed by atoms with E-state index in [1.54, 1.807) is 11.8 Å². The lowest BCUT2D eigenvalue weighted by atomic mass is 10.2. The van der Waals surface area contributed by atoms with Crippen molar-refractivity contribution in [1.82, 2.24) is 9.66 Å². The number of likely N-dealkylation sites (N-methyl/N-ethyl adjacent to an activating group) is 1. The number of alkyl halides is 1. The maximum atomic E-state index is 4.44. The van der Waals surface area contributed by atoms with Gasteiger partial charge in [0.2, 0.25) is 0 Å².